The van der Waals surface area contributed by atoms with Crippen LogP contribution in [0.15, 0.2) is 30.3 Å². The summed E-state index contributed by atoms with van der Waals surface area (Å²) >= 11 is 0. The average Bonchev–Trinajstić information content (AvgIpc) is 2.51. The van der Waals surface area contributed by atoms with E-state index in [1.54, 1.807) is 6.92 Å². The van der Waals surface area contributed by atoms with E-state index in [2.05, 4.69) is 0 Å². The van der Waals surface area contributed by atoms with Gasteiger partial charge in [-0.05, 0) is 25.3 Å². The van der Waals surface area contributed by atoms with E-state index in [1.165, 1.54) is 4.90 Å². The zero-order valence-electron chi connectivity index (χ0n) is 12.2. The van der Waals surface area contributed by atoms with Crippen molar-refractivity contribution in [1.82, 2.24) is 4.90 Å². The van der Waals surface area contributed by atoms with E-state index in [9.17, 15) is 14.7 Å². The Balaban J connectivity index is 2.29. The average molecular weight is 291 g/mol. The topological polar surface area (TPSA) is 66.8 Å². The minimum atomic E-state index is -0.608. The lowest BCUT2D eigenvalue weighted by molar-refractivity contribution is -0.160. The predicted molar refractivity (Wildman–Crippen MR) is 77.4 cm³/mol. The van der Waals surface area contributed by atoms with Crippen LogP contribution in [0.2, 0.25) is 0 Å². The number of esters is 1. The lowest BCUT2D eigenvalue weighted by Crippen LogP contribution is -2.51. The van der Waals surface area contributed by atoms with Gasteiger partial charge in [-0.15, -0.1) is 0 Å². The molecule has 1 heterocycles. The standard InChI is InChI=1S/C16H21NO4/c1-2-21-16(20)13-9-6-10-15(19)17(13)14(11-18)12-7-4-3-5-8-12/h3-5,7-8,13-14,18H,2,6,9-11H2,1H3/t13-,14-/m0/s1. The Morgan fingerprint density at radius 2 is 2.14 bits per heavy atom. The van der Waals surface area contributed by atoms with E-state index in [0.717, 1.165) is 5.56 Å². The lowest BCUT2D eigenvalue weighted by atomic mass is 9.96. The Labute approximate surface area is 124 Å². The second kappa shape index (κ2) is 7.22. The van der Waals surface area contributed by atoms with E-state index in [-0.39, 0.29) is 25.1 Å². The lowest BCUT2D eigenvalue weighted by Gasteiger charge is -2.39. The molecule has 21 heavy (non-hydrogen) atoms. The predicted octanol–water partition coefficient (Wildman–Crippen LogP) is 1.66. The van der Waals surface area contributed by atoms with Crippen molar-refractivity contribution < 1.29 is 19.4 Å². The van der Waals surface area contributed by atoms with Gasteiger partial charge in [-0.3, -0.25) is 4.79 Å². The van der Waals surface area contributed by atoms with Crippen LogP contribution < -0.4 is 0 Å². The third-order valence-corrected chi connectivity index (χ3v) is 3.74. The van der Waals surface area contributed by atoms with Gasteiger partial charge in [-0.25, -0.2) is 4.79 Å². The van der Waals surface area contributed by atoms with Crippen molar-refractivity contribution in [2.45, 2.75) is 38.3 Å². The van der Waals surface area contributed by atoms with Crippen LogP contribution in [0.5, 0.6) is 0 Å². The number of amides is 1. The highest BCUT2D eigenvalue weighted by molar-refractivity contribution is 5.86. The third-order valence-electron chi connectivity index (χ3n) is 3.74. The number of carbonyl (C=O) groups is 2. The zero-order valence-corrected chi connectivity index (χ0v) is 12.2. The van der Waals surface area contributed by atoms with Crippen LogP contribution in [0.25, 0.3) is 0 Å². The first-order valence-corrected chi connectivity index (χ1v) is 7.32. The van der Waals surface area contributed by atoms with Crippen molar-refractivity contribution in [1.29, 1.82) is 0 Å². The number of hydrogen-bond donors (Lipinski definition) is 1. The maximum Gasteiger partial charge on any atom is 0.328 e. The Kier molecular flexibility index (Phi) is 5.33. The number of benzene rings is 1. The number of hydrogen-bond acceptors (Lipinski definition) is 4. The molecule has 1 saturated heterocycles. The van der Waals surface area contributed by atoms with Crippen LogP contribution >= 0.6 is 0 Å². The Hall–Kier alpha value is -1.88. The van der Waals surface area contributed by atoms with Gasteiger partial charge in [0.1, 0.15) is 6.04 Å². The molecule has 1 aliphatic heterocycles. The summed E-state index contributed by atoms with van der Waals surface area (Å²) in [7, 11) is 0. The molecule has 0 radical (unpaired) electrons. The highest BCUT2D eigenvalue weighted by Crippen LogP contribution is 2.29. The molecule has 2 atom stereocenters. The van der Waals surface area contributed by atoms with Gasteiger partial charge in [0.2, 0.25) is 5.91 Å². The van der Waals surface area contributed by atoms with Crippen LogP contribution in [0.3, 0.4) is 0 Å². The number of nitrogens with zero attached hydrogens (tertiary/aromatic N) is 1. The normalized spacial score (nSPS) is 20.2. The number of carbonyl (C=O) groups excluding carboxylic acids is 2. The van der Waals surface area contributed by atoms with E-state index in [4.69, 9.17) is 4.74 Å². The van der Waals surface area contributed by atoms with Crippen LogP contribution in [0.1, 0.15) is 37.8 Å². The zero-order chi connectivity index (χ0) is 15.2. The fourth-order valence-corrected chi connectivity index (χ4v) is 2.78. The number of ether oxygens (including phenoxy) is 1. The van der Waals surface area contributed by atoms with Crippen LogP contribution in [0, 0.1) is 0 Å². The van der Waals surface area contributed by atoms with Gasteiger partial charge in [-0.2, -0.15) is 0 Å². The van der Waals surface area contributed by atoms with E-state index in [1.807, 2.05) is 30.3 Å². The first-order valence-electron chi connectivity index (χ1n) is 7.32. The van der Waals surface area contributed by atoms with Gasteiger partial charge in [-0.1, -0.05) is 30.3 Å². The minimum absolute atomic E-state index is 0.109. The van der Waals surface area contributed by atoms with Crippen molar-refractivity contribution in [2.75, 3.05) is 13.2 Å². The quantitative estimate of drug-likeness (QED) is 0.838. The number of aliphatic hydroxyl groups is 1. The van der Waals surface area contributed by atoms with Crippen LogP contribution in [-0.2, 0) is 14.3 Å². The molecule has 5 heteroatoms. The van der Waals surface area contributed by atoms with E-state index < -0.39 is 12.1 Å². The molecule has 0 unspecified atom stereocenters. The van der Waals surface area contributed by atoms with Gasteiger partial charge < -0.3 is 14.7 Å². The maximum absolute atomic E-state index is 12.3. The summed E-state index contributed by atoms with van der Waals surface area (Å²) in [5.41, 5.74) is 0.824. The van der Waals surface area contributed by atoms with Gasteiger partial charge in [0.25, 0.3) is 0 Å². The third kappa shape index (κ3) is 3.42. The molecule has 114 valence electrons. The first kappa shape index (κ1) is 15.5. The summed E-state index contributed by atoms with van der Waals surface area (Å²) in [6, 6.07) is 8.17. The van der Waals surface area contributed by atoms with Gasteiger partial charge in [0, 0.05) is 6.42 Å². The molecule has 0 bridgehead atoms. The first-order chi connectivity index (χ1) is 10.2. The monoisotopic (exact) mass is 291 g/mol. The molecule has 0 saturated carbocycles. The van der Waals surface area contributed by atoms with Crippen LogP contribution in [0.4, 0.5) is 0 Å². The summed E-state index contributed by atoms with van der Waals surface area (Å²) < 4.78 is 5.08. The number of likely N-dealkylation sites (tertiary alicyclic amines) is 1. The molecule has 1 aromatic carbocycles. The molecule has 1 fully saturated rings. The largest absolute Gasteiger partial charge is 0.464 e. The van der Waals surface area contributed by atoms with Gasteiger partial charge >= 0.3 is 5.97 Å². The minimum Gasteiger partial charge on any atom is -0.464 e. The van der Waals surface area contributed by atoms with Crippen molar-refractivity contribution in [2.24, 2.45) is 0 Å². The van der Waals surface area contributed by atoms with E-state index >= 15 is 0 Å². The fourth-order valence-electron chi connectivity index (χ4n) is 2.78. The summed E-state index contributed by atoms with van der Waals surface area (Å²) in [4.78, 5) is 25.9. The molecule has 1 aliphatic rings. The molecule has 1 amide bonds. The fraction of sp³-hybridized carbons (Fsp3) is 0.500. The van der Waals surface area contributed by atoms with Gasteiger partial charge in [0.15, 0.2) is 0 Å². The maximum atomic E-state index is 12.3. The SMILES string of the molecule is CCOC(=O)[C@@H]1CCCC(=O)N1[C@@H](CO)c1ccccc1. The molecular formula is C16H21NO4. The highest BCUT2D eigenvalue weighted by atomic mass is 16.5. The van der Waals surface area contributed by atoms with Crippen LogP contribution in [-0.4, -0.2) is 41.1 Å². The Bertz CT molecular complexity index is 488. The molecule has 0 spiro atoms. The van der Waals surface area contributed by atoms with Crippen molar-refractivity contribution in [3.63, 3.8) is 0 Å². The highest BCUT2D eigenvalue weighted by Gasteiger charge is 2.38. The Morgan fingerprint density at radius 1 is 1.43 bits per heavy atom. The van der Waals surface area contributed by atoms with E-state index in [0.29, 0.717) is 19.3 Å². The molecule has 2 rings (SSSR count). The molecule has 0 aromatic heterocycles. The smallest absolute Gasteiger partial charge is 0.328 e. The van der Waals surface area contributed by atoms with Crippen molar-refractivity contribution in [3.05, 3.63) is 35.9 Å². The molecule has 5 nitrogen and oxygen atoms in total. The van der Waals surface area contributed by atoms with Crippen molar-refractivity contribution >= 4 is 11.9 Å². The summed E-state index contributed by atoms with van der Waals surface area (Å²) in [5, 5.41) is 9.73. The second-order valence-corrected chi connectivity index (χ2v) is 5.07. The molecule has 1 N–H and O–H groups in total. The molecule has 1 aromatic rings. The molecule has 0 aliphatic carbocycles. The summed E-state index contributed by atoms with van der Waals surface area (Å²) in [5.74, 6) is -0.498. The number of rotatable bonds is 5. The second-order valence-electron chi connectivity index (χ2n) is 5.07. The number of piperidine rings is 1. The van der Waals surface area contributed by atoms with Crippen molar-refractivity contribution in [3.8, 4) is 0 Å². The Morgan fingerprint density at radius 3 is 2.76 bits per heavy atom. The summed E-state index contributed by atoms with van der Waals surface area (Å²) in [6.45, 7) is 1.81. The number of aliphatic hydroxyl groups excluding tert-OH is 1. The molecular weight excluding hydrogens is 270 g/mol. The summed E-state index contributed by atoms with van der Waals surface area (Å²) in [6.07, 6.45) is 1.65. The van der Waals surface area contributed by atoms with Gasteiger partial charge in [0.05, 0.1) is 19.3 Å².